The minimum Gasteiger partial charge on any atom is -0.323 e. The van der Waals surface area contributed by atoms with Crippen molar-refractivity contribution in [2.24, 2.45) is 5.92 Å². The van der Waals surface area contributed by atoms with Gasteiger partial charge in [-0.05, 0) is 38.1 Å². The molecule has 18 heavy (non-hydrogen) atoms. The molecular formula is C14H25N3O. The number of hydrogen-bond donors (Lipinski definition) is 1. The number of hydrogen-bond acceptors (Lipinski definition) is 2. The molecular weight excluding hydrogens is 226 g/mol. The second kappa shape index (κ2) is 5.08. The van der Waals surface area contributed by atoms with Crippen LogP contribution in [0.2, 0.25) is 0 Å². The van der Waals surface area contributed by atoms with E-state index >= 15 is 0 Å². The summed E-state index contributed by atoms with van der Waals surface area (Å²) in [7, 11) is 1.99. The molecule has 102 valence electrons. The fraction of sp³-hybridized carbons (Fsp3) is 0.929. The highest BCUT2D eigenvalue weighted by Crippen LogP contribution is 2.35. The lowest BCUT2D eigenvalue weighted by Crippen LogP contribution is -2.44. The number of urea groups is 1. The fourth-order valence-electron chi connectivity index (χ4n) is 3.58. The van der Waals surface area contributed by atoms with Crippen LogP contribution < -0.4 is 5.32 Å². The number of likely N-dealkylation sites (N-methyl/N-ethyl adjacent to an activating group) is 1. The van der Waals surface area contributed by atoms with Crippen LogP contribution in [-0.2, 0) is 0 Å². The number of piperidine rings is 1. The van der Waals surface area contributed by atoms with E-state index in [2.05, 4.69) is 10.2 Å². The van der Waals surface area contributed by atoms with Gasteiger partial charge in [0.25, 0.3) is 0 Å². The molecule has 0 aromatic heterocycles. The third kappa shape index (κ3) is 2.22. The number of amides is 2. The SMILES string of the molecule is CN1C(=O)N(CC2CCCCN2)CC1C1CCC1. The molecule has 2 amide bonds. The van der Waals surface area contributed by atoms with Crippen LogP contribution in [0.5, 0.6) is 0 Å². The Hall–Kier alpha value is -0.770. The second-order valence-electron chi connectivity index (χ2n) is 6.20. The summed E-state index contributed by atoms with van der Waals surface area (Å²) >= 11 is 0. The summed E-state index contributed by atoms with van der Waals surface area (Å²) in [6.07, 6.45) is 7.81. The Balaban J connectivity index is 1.57. The van der Waals surface area contributed by atoms with Crippen molar-refractivity contribution in [3.8, 4) is 0 Å². The topological polar surface area (TPSA) is 35.6 Å². The quantitative estimate of drug-likeness (QED) is 0.828. The summed E-state index contributed by atoms with van der Waals surface area (Å²) < 4.78 is 0. The molecule has 3 aliphatic rings. The Morgan fingerprint density at radius 3 is 2.67 bits per heavy atom. The minimum absolute atomic E-state index is 0.249. The molecule has 0 aromatic carbocycles. The smallest absolute Gasteiger partial charge is 0.320 e. The van der Waals surface area contributed by atoms with Gasteiger partial charge in [-0.1, -0.05) is 12.8 Å². The van der Waals surface area contributed by atoms with Gasteiger partial charge in [-0.15, -0.1) is 0 Å². The molecule has 0 bridgehead atoms. The van der Waals surface area contributed by atoms with Crippen LogP contribution >= 0.6 is 0 Å². The zero-order chi connectivity index (χ0) is 12.5. The van der Waals surface area contributed by atoms with E-state index in [9.17, 15) is 4.79 Å². The molecule has 0 radical (unpaired) electrons. The van der Waals surface area contributed by atoms with Gasteiger partial charge in [0.15, 0.2) is 0 Å². The third-order valence-electron chi connectivity index (χ3n) is 5.02. The predicted molar refractivity (Wildman–Crippen MR) is 71.5 cm³/mol. The Kier molecular flexibility index (Phi) is 3.46. The number of carbonyl (C=O) groups is 1. The first-order valence-corrected chi connectivity index (χ1v) is 7.51. The fourth-order valence-corrected chi connectivity index (χ4v) is 3.58. The molecule has 3 fully saturated rings. The van der Waals surface area contributed by atoms with Crippen LogP contribution in [-0.4, -0.2) is 54.6 Å². The van der Waals surface area contributed by atoms with Gasteiger partial charge in [0.1, 0.15) is 0 Å². The highest BCUT2D eigenvalue weighted by atomic mass is 16.2. The van der Waals surface area contributed by atoms with E-state index in [-0.39, 0.29) is 6.03 Å². The van der Waals surface area contributed by atoms with Gasteiger partial charge >= 0.3 is 6.03 Å². The first kappa shape index (κ1) is 12.3. The molecule has 2 unspecified atom stereocenters. The molecule has 4 heteroatoms. The van der Waals surface area contributed by atoms with Crippen molar-refractivity contribution in [2.75, 3.05) is 26.7 Å². The molecule has 1 saturated carbocycles. The van der Waals surface area contributed by atoms with Crippen molar-refractivity contribution in [1.82, 2.24) is 15.1 Å². The molecule has 2 atom stereocenters. The van der Waals surface area contributed by atoms with Gasteiger partial charge in [-0.25, -0.2) is 4.79 Å². The van der Waals surface area contributed by atoms with E-state index in [4.69, 9.17) is 0 Å². The van der Waals surface area contributed by atoms with Gasteiger partial charge in [-0.2, -0.15) is 0 Å². The molecule has 0 aromatic rings. The van der Waals surface area contributed by atoms with Crippen LogP contribution in [0.25, 0.3) is 0 Å². The highest BCUT2D eigenvalue weighted by molar-refractivity contribution is 5.77. The van der Waals surface area contributed by atoms with Crippen molar-refractivity contribution < 1.29 is 4.79 Å². The Bertz CT molecular complexity index is 308. The molecule has 1 N–H and O–H groups in total. The average Bonchev–Trinajstić information content (AvgIpc) is 2.58. The van der Waals surface area contributed by atoms with Crippen molar-refractivity contribution in [2.45, 2.75) is 50.6 Å². The minimum atomic E-state index is 0.249. The molecule has 1 aliphatic carbocycles. The van der Waals surface area contributed by atoms with Crippen LogP contribution in [0.3, 0.4) is 0 Å². The summed E-state index contributed by atoms with van der Waals surface area (Å²) in [5.74, 6) is 0.767. The maximum absolute atomic E-state index is 12.3. The summed E-state index contributed by atoms with van der Waals surface area (Å²) in [4.78, 5) is 16.3. The first-order valence-electron chi connectivity index (χ1n) is 7.51. The van der Waals surface area contributed by atoms with Crippen molar-refractivity contribution in [3.63, 3.8) is 0 Å². The summed E-state index contributed by atoms with van der Waals surface area (Å²) in [6.45, 7) is 2.99. The summed E-state index contributed by atoms with van der Waals surface area (Å²) in [6, 6.07) is 1.25. The van der Waals surface area contributed by atoms with E-state index in [1.54, 1.807) is 0 Å². The van der Waals surface area contributed by atoms with Crippen LogP contribution in [0.1, 0.15) is 38.5 Å². The number of nitrogens with one attached hydrogen (secondary N) is 1. The van der Waals surface area contributed by atoms with E-state index in [0.717, 1.165) is 25.6 Å². The Morgan fingerprint density at radius 2 is 2.06 bits per heavy atom. The Morgan fingerprint density at radius 1 is 1.22 bits per heavy atom. The zero-order valence-electron chi connectivity index (χ0n) is 11.4. The zero-order valence-corrected chi connectivity index (χ0v) is 11.4. The molecule has 2 saturated heterocycles. The summed E-state index contributed by atoms with van der Waals surface area (Å²) in [5, 5.41) is 3.54. The molecule has 4 nitrogen and oxygen atoms in total. The van der Waals surface area contributed by atoms with Crippen LogP contribution in [0.4, 0.5) is 4.79 Å². The number of rotatable bonds is 3. The predicted octanol–water partition coefficient (Wildman–Crippen LogP) is 1.66. The highest BCUT2D eigenvalue weighted by Gasteiger charge is 2.41. The van der Waals surface area contributed by atoms with E-state index < -0.39 is 0 Å². The number of carbonyl (C=O) groups excluding carboxylic acids is 1. The van der Waals surface area contributed by atoms with Gasteiger partial charge in [-0.3, -0.25) is 0 Å². The second-order valence-corrected chi connectivity index (χ2v) is 6.20. The lowest BCUT2D eigenvalue weighted by Gasteiger charge is -2.34. The van der Waals surface area contributed by atoms with Crippen LogP contribution in [0, 0.1) is 5.92 Å². The van der Waals surface area contributed by atoms with Crippen LogP contribution in [0.15, 0.2) is 0 Å². The molecule has 2 heterocycles. The number of nitrogens with zero attached hydrogens (tertiary/aromatic N) is 2. The molecule has 0 spiro atoms. The maximum atomic E-state index is 12.3. The van der Waals surface area contributed by atoms with Gasteiger partial charge in [0, 0.05) is 26.2 Å². The third-order valence-corrected chi connectivity index (χ3v) is 5.02. The Labute approximate surface area is 110 Å². The maximum Gasteiger partial charge on any atom is 0.320 e. The first-order chi connectivity index (χ1) is 8.75. The monoisotopic (exact) mass is 251 g/mol. The van der Waals surface area contributed by atoms with Crippen molar-refractivity contribution in [1.29, 1.82) is 0 Å². The summed E-state index contributed by atoms with van der Waals surface area (Å²) in [5.41, 5.74) is 0. The van der Waals surface area contributed by atoms with Gasteiger partial charge < -0.3 is 15.1 Å². The average molecular weight is 251 g/mol. The lowest BCUT2D eigenvalue weighted by molar-refractivity contribution is 0.163. The lowest BCUT2D eigenvalue weighted by atomic mass is 9.79. The van der Waals surface area contributed by atoms with Crippen molar-refractivity contribution in [3.05, 3.63) is 0 Å². The van der Waals surface area contributed by atoms with E-state index in [0.29, 0.717) is 12.1 Å². The standard InChI is InChI=1S/C14H25N3O/c1-16-13(11-5-4-6-11)10-17(14(16)18)9-12-7-2-3-8-15-12/h11-13,15H,2-10H2,1H3. The van der Waals surface area contributed by atoms with Crippen molar-refractivity contribution >= 4 is 6.03 Å². The van der Waals surface area contributed by atoms with E-state index in [1.165, 1.54) is 38.5 Å². The normalized spacial score (nSPS) is 33.9. The van der Waals surface area contributed by atoms with Gasteiger partial charge in [0.05, 0.1) is 6.04 Å². The van der Waals surface area contributed by atoms with E-state index in [1.807, 2.05) is 11.9 Å². The largest absolute Gasteiger partial charge is 0.323 e. The molecule has 3 rings (SSSR count). The molecule has 2 aliphatic heterocycles. The van der Waals surface area contributed by atoms with Gasteiger partial charge in [0.2, 0.25) is 0 Å².